The van der Waals surface area contributed by atoms with Crippen LogP contribution in [0.3, 0.4) is 0 Å². The van der Waals surface area contributed by atoms with E-state index in [9.17, 15) is 9.90 Å². The number of amides is 1. The van der Waals surface area contributed by atoms with Crippen molar-refractivity contribution in [3.05, 3.63) is 23.5 Å². The van der Waals surface area contributed by atoms with Gasteiger partial charge in [0, 0.05) is 0 Å². The summed E-state index contributed by atoms with van der Waals surface area (Å²) >= 11 is 0. The van der Waals surface area contributed by atoms with Gasteiger partial charge in [0.15, 0.2) is 5.69 Å². The highest BCUT2D eigenvalue weighted by molar-refractivity contribution is 5.90. The van der Waals surface area contributed by atoms with Gasteiger partial charge in [0.05, 0.1) is 24.9 Å². The summed E-state index contributed by atoms with van der Waals surface area (Å²) in [7, 11) is 0. The van der Waals surface area contributed by atoms with Gasteiger partial charge in [-0.15, -0.1) is 5.10 Å². The fraction of sp³-hybridized carbons (Fsp3) is 0.444. The van der Waals surface area contributed by atoms with Crippen LogP contribution in [0.5, 0.6) is 0 Å². The van der Waals surface area contributed by atoms with Crippen LogP contribution >= 0.6 is 0 Å². The average Bonchev–Trinajstić information content (AvgIpc) is 2.83. The molecular weight excluding hydrogens is 212 g/mol. The van der Waals surface area contributed by atoms with E-state index in [0.29, 0.717) is 6.42 Å². The summed E-state index contributed by atoms with van der Waals surface area (Å²) in [5, 5.41) is 26.0. The number of rotatable bonds is 3. The van der Waals surface area contributed by atoms with Gasteiger partial charge >= 0.3 is 0 Å². The second-order valence-corrected chi connectivity index (χ2v) is 3.69. The molecule has 1 aliphatic carbocycles. The molecule has 0 aliphatic heterocycles. The number of primary amides is 1. The largest absolute Gasteiger partial charge is 0.392 e. The zero-order valence-electron chi connectivity index (χ0n) is 8.45. The number of carbonyl (C=O) groups is 1. The highest BCUT2D eigenvalue weighted by Gasteiger charge is 2.28. The summed E-state index contributed by atoms with van der Waals surface area (Å²) in [4.78, 5) is 10.8. The van der Waals surface area contributed by atoms with Crippen molar-refractivity contribution >= 4 is 5.91 Å². The normalized spacial score (nSPS) is 24.5. The Morgan fingerprint density at radius 3 is 2.94 bits per heavy atom. The van der Waals surface area contributed by atoms with Crippen molar-refractivity contribution < 1.29 is 15.0 Å². The molecule has 0 unspecified atom stereocenters. The average molecular weight is 224 g/mol. The maximum absolute atomic E-state index is 10.8. The van der Waals surface area contributed by atoms with Crippen LogP contribution in [0.4, 0.5) is 0 Å². The number of hydrogen-bond donors (Lipinski definition) is 3. The van der Waals surface area contributed by atoms with Crippen LogP contribution < -0.4 is 5.73 Å². The second-order valence-electron chi connectivity index (χ2n) is 3.69. The fourth-order valence-electron chi connectivity index (χ4n) is 1.72. The third-order valence-corrected chi connectivity index (χ3v) is 2.54. The molecule has 1 aliphatic rings. The minimum atomic E-state index is -0.662. The van der Waals surface area contributed by atoms with E-state index in [-0.39, 0.29) is 12.3 Å². The molecule has 7 heteroatoms. The van der Waals surface area contributed by atoms with E-state index in [1.54, 1.807) is 6.08 Å². The Balaban J connectivity index is 2.24. The van der Waals surface area contributed by atoms with Crippen LogP contribution in [-0.2, 0) is 0 Å². The quantitative estimate of drug-likeness (QED) is 0.546. The Morgan fingerprint density at radius 2 is 2.44 bits per heavy atom. The molecular formula is C9H12N4O3. The fourth-order valence-corrected chi connectivity index (χ4v) is 1.72. The monoisotopic (exact) mass is 224 g/mol. The maximum atomic E-state index is 10.8. The lowest BCUT2D eigenvalue weighted by atomic mass is 10.2. The summed E-state index contributed by atoms with van der Waals surface area (Å²) in [5.74, 6) is -0.662. The van der Waals surface area contributed by atoms with Crippen LogP contribution in [0, 0.1) is 0 Å². The van der Waals surface area contributed by atoms with Crippen LogP contribution in [-0.4, -0.2) is 43.8 Å². The maximum Gasteiger partial charge on any atom is 0.270 e. The summed E-state index contributed by atoms with van der Waals surface area (Å²) in [6.07, 6.45) is 2.83. The van der Waals surface area contributed by atoms with Gasteiger partial charge in [-0.3, -0.25) is 4.79 Å². The lowest BCUT2D eigenvalue weighted by Gasteiger charge is -2.12. The van der Waals surface area contributed by atoms with Gasteiger partial charge < -0.3 is 15.9 Å². The van der Waals surface area contributed by atoms with Crippen molar-refractivity contribution in [2.75, 3.05) is 6.61 Å². The molecule has 0 saturated heterocycles. The van der Waals surface area contributed by atoms with Crippen molar-refractivity contribution in [3.8, 4) is 0 Å². The molecule has 2 rings (SSSR count). The number of aliphatic hydroxyl groups is 2. The topological polar surface area (TPSA) is 114 Å². The van der Waals surface area contributed by atoms with Gasteiger partial charge in [-0.1, -0.05) is 11.3 Å². The standard InChI is InChI=1S/C9H12N4O3/c10-9(16)6-3-13(12-11-6)7-1-5(4-14)2-8(7)15/h1,3,7-8,14-15H,2,4H2,(H2,10,16)/t7-,8+/m1/s1. The molecule has 0 aromatic carbocycles. The van der Waals surface area contributed by atoms with Gasteiger partial charge in [0.25, 0.3) is 5.91 Å². The zero-order valence-corrected chi connectivity index (χ0v) is 8.45. The number of carbonyl (C=O) groups excluding carboxylic acids is 1. The molecule has 0 bridgehead atoms. The molecule has 86 valence electrons. The first-order chi connectivity index (χ1) is 7.61. The lowest BCUT2D eigenvalue weighted by molar-refractivity contribution is 0.0995. The van der Waals surface area contributed by atoms with Gasteiger partial charge in [-0.05, 0) is 12.0 Å². The van der Waals surface area contributed by atoms with Crippen molar-refractivity contribution in [3.63, 3.8) is 0 Å². The molecule has 1 aromatic heterocycles. The van der Waals surface area contributed by atoms with Crippen LogP contribution in [0.25, 0.3) is 0 Å². The number of nitrogens with two attached hydrogens (primary N) is 1. The Labute approximate surface area is 91.2 Å². The van der Waals surface area contributed by atoms with Crippen molar-refractivity contribution in [2.45, 2.75) is 18.6 Å². The summed E-state index contributed by atoms with van der Waals surface area (Å²) < 4.78 is 1.37. The minimum Gasteiger partial charge on any atom is -0.392 e. The molecule has 2 atom stereocenters. The van der Waals surface area contributed by atoms with Gasteiger partial charge in [0.1, 0.15) is 0 Å². The third kappa shape index (κ3) is 1.82. The number of nitrogens with zero attached hydrogens (tertiary/aromatic N) is 3. The molecule has 0 radical (unpaired) electrons. The van der Waals surface area contributed by atoms with E-state index >= 15 is 0 Å². The van der Waals surface area contributed by atoms with Gasteiger partial charge in [-0.2, -0.15) is 0 Å². The molecule has 0 fully saturated rings. The Hall–Kier alpha value is -1.73. The van der Waals surface area contributed by atoms with Gasteiger partial charge in [0.2, 0.25) is 0 Å². The summed E-state index contributed by atoms with van der Waals surface area (Å²) in [5.41, 5.74) is 5.84. The highest BCUT2D eigenvalue weighted by atomic mass is 16.3. The van der Waals surface area contributed by atoms with E-state index in [2.05, 4.69) is 10.3 Å². The van der Waals surface area contributed by atoms with Crippen molar-refractivity contribution in [2.24, 2.45) is 5.73 Å². The zero-order chi connectivity index (χ0) is 11.7. The summed E-state index contributed by atoms with van der Waals surface area (Å²) in [6, 6.07) is -0.400. The van der Waals surface area contributed by atoms with E-state index < -0.39 is 18.1 Å². The predicted octanol–water partition coefficient (Wildman–Crippen LogP) is -1.40. The molecule has 7 nitrogen and oxygen atoms in total. The molecule has 0 spiro atoms. The van der Waals surface area contributed by atoms with Crippen LogP contribution in [0.15, 0.2) is 17.8 Å². The smallest absolute Gasteiger partial charge is 0.270 e. The summed E-state index contributed by atoms with van der Waals surface area (Å²) in [6.45, 7) is -0.0923. The van der Waals surface area contributed by atoms with Crippen LogP contribution in [0.2, 0.25) is 0 Å². The first-order valence-corrected chi connectivity index (χ1v) is 4.82. The first kappa shape index (κ1) is 10.8. The van der Waals surface area contributed by atoms with Crippen LogP contribution in [0.1, 0.15) is 23.0 Å². The van der Waals surface area contributed by atoms with E-state index in [4.69, 9.17) is 10.8 Å². The van der Waals surface area contributed by atoms with Gasteiger partial charge in [-0.25, -0.2) is 4.68 Å². The third-order valence-electron chi connectivity index (χ3n) is 2.54. The van der Waals surface area contributed by atoms with Crippen molar-refractivity contribution in [1.82, 2.24) is 15.0 Å². The van der Waals surface area contributed by atoms with E-state index in [0.717, 1.165) is 5.57 Å². The molecule has 1 heterocycles. The number of aliphatic hydroxyl groups excluding tert-OH is 2. The molecule has 16 heavy (non-hydrogen) atoms. The number of hydrogen-bond acceptors (Lipinski definition) is 5. The molecule has 0 saturated carbocycles. The van der Waals surface area contributed by atoms with E-state index in [1.807, 2.05) is 0 Å². The molecule has 1 aromatic rings. The predicted molar refractivity (Wildman–Crippen MR) is 53.4 cm³/mol. The molecule has 4 N–H and O–H groups in total. The number of aromatic nitrogens is 3. The van der Waals surface area contributed by atoms with Crippen molar-refractivity contribution in [1.29, 1.82) is 0 Å². The Morgan fingerprint density at radius 1 is 1.69 bits per heavy atom. The lowest BCUT2D eigenvalue weighted by Crippen LogP contribution is -2.19. The second kappa shape index (κ2) is 4.03. The Kier molecular flexibility index (Phi) is 2.71. The first-order valence-electron chi connectivity index (χ1n) is 4.82. The van der Waals surface area contributed by atoms with E-state index in [1.165, 1.54) is 10.9 Å². The highest BCUT2D eigenvalue weighted by Crippen LogP contribution is 2.27. The minimum absolute atomic E-state index is 0.0537. The Bertz CT molecular complexity index is 440. The SMILES string of the molecule is NC(=O)c1cn([C@@H]2C=C(CO)C[C@@H]2O)nn1. The molecule has 1 amide bonds.